The number of nitrogens with one attached hydrogen (secondary N) is 1. The highest BCUT2D eigenvalue weighted by Crippen LogP contribution is 2.29. The maximum atomic E-state index is 13.5. The molecular weight excluding hydrogens is 378 g/mol. The third-order valence-corrected chi connectivity index (χ3v) is 5.35. The van der Waals surface area contributed by atoms with Crippen LogP contribution in [0.5, 0.6) is 0 Å². The number of imidazole rings is 1. The molecule has 5 aromatic rings. The van der Waals surface area contributed by atoms with Gasteiger partial charge in [0.25, 0.3) is 5.91 Å². The van der Waals surface area contributed by atoms with Crippen LogP contribution in [0, 0.1) is 0 Å². The van der Waals surface area contributed by atoms with Crippen molar-refractivity contribution in [3.8, 4) is 0 Å². The number of esters is 1. The number of aromatic amines is 1. The molecule has 3 aromatic carbocycles. The average Bonchev–Trinajstić information content (AvgIpc) is 3.38. The van der Waals surface area contributed by atoms with Crippen molar-refractivity contribution in [2.24, 2.45) is 0 Å². The molecule has 2 heterocycles. The van der Waals surface area contributed by atoms with Crippen LogP contribution in [0.2, 0.25) is 0 Å². The van der Waals surface area contributed by atoms with Gasteiger partial charge in [-0.2, -0.15) is 0 Å². The van der Waals surface area contributed by atoms with Gasteiger partial charge in [0.05, 0.1) is 34.0 Å². The van der Waals surface area contributed by atoms with Gasteiger partial charge in [0.2, 0.25) is 0 Å². The van der Waals surface area contributed by atoms with Crippen molar-refractivity contribution in [3.05, 3.63) is 78.6 Å². The first-order valence-electron chi connectivity index (χ1n) is 9.84. The highest BCUT2D eigenvalue weighted by atomic mass is 16.5. The monoisotopic (exact) mass is 397 g/mol. The van der Waals surface area contributed by atoms with Crippen LogP contribution in [0.1, 0.15) is 28.5 Å². The highest BCUT2D eigenvalue weighted by molar-refractivity contribution is 6.14. The van der Waals surface area contributed by atoms with Gasteiger partial charge in [0, 0.05) is 10.8 Å². The number of hydrogen-bond donors (Lipinski definition) is 1. The van der Waals surface area contributed by atoms with E-state index in [2.05, 4.69) is 9.97 Å². The molecule has 0 aliphatic carbocycles. The largest absolute Gasteiger partial charge is 0.449 e. The maximum Gasteiger partial charge on any atom is 0.338 e. The van der Waals surface area contributed by atoms with E-state index in [4.69, 9.17) is 4.74 Å². The first-order chi connectivity index (χ1) is 14.7. The Morgan fingerprint density at radius 3 is 2.33 bits per heavy atom. The molecule has 0 radical (unpaired) electrons. The summed E-state index contributed by atoms with van der Waals surface area (Å²) >= 11 is 0. The number of hydrogen-bond acceptors (Lipinski definition) is 4. The van der Waals surface area contributed by atoms with E-state index in [0.717, 1.165) is 32.8 Å². The van der Waals surface area contributed by atoms with E-state index in [1.165, 1.54) is 0 Å². The molecule has 0 bridgehead atoms. The SMILES string of the molecule is CCC(OC(=O)c1ccc2nc[nH]c2c1)C(=O)n1c2ccccc2c2ccccc21. The lowest BCUT2D eigenvalue weighted by atomic mass is 10.2. The zero-order chi connectivity index (χ0) is 20.7. The molecule has 148 valence electrons. The van der Waals surface area contributed by atoms with Crippen LogP contribution in [0.15, 0.2) is 73.1 Å². The zero-order valence-corrected chi connectivity index (χ0v) is 16.3. The summed E-state index contributed by atoms with van der Waals surface area (Å²) in [6, 6.07) is 20.6. The number of carbonyl (C=O) groups excluding carboxylic acids is 2. The predicted octanol–water partition coefficient (Wildman–Crippen LogP) is 4.95. The van der Waals surface area contributed by atoms with Crippen LogP contribution in [-0.2, 0) is 4.74 Å². The number of fused-ring (bicyclic) bond motifs is 4. The second-order valence-corrected chi connectivity index (χ2v) is 7.14. The van der Waals surface area contributed by atoms with E-state index >= 15 is 0 Å². The first-order valence-corrected chi connectivity index (χ1v) is 9.84. The Bertz CT molecular complexity index is 1360. The number of aromatic nitrogens is 3. The lowest BCUT2D eigenvalue weighted by Gasteiger charge is -2.17. The van der Waals surface area contributed by atoms with E-state index in [1.807, 2.05) is 55.5 Å². The predicted molar refractivity (Wildman–Crippen MR) is 116 cm³/mol. The summed E-state index contributed by atoms with van der Waals surface area (Å²) in [7, 11) is 0. The quantitative estimate of drug-likeness (QED) is 0.436. The Morgan fingerprint density at radius 1 is 1.00 bits per heavy atom. The normalized spacial score (nSPS) is 12.4. The molecule has 6 heteroatoms. The Morgan fingerprint density at radius 2 is 1.67 bits per heavy atom. The summed E-state index contributed by atoms with van der Waals surface area (Å²) in [4.78, 5) is 33.4. The number of para-hydroxylation sites is 2. The summed E-state index contributed by atoms with van der Waals surface area (Å²) in [6.45, 7) is 1.84. The number of ether oxygens (including phenoxy) is 1. The summed E-state index contributed by atoms with van der Waals surface area (Å²) in [5.74, 6) is -0.793. The molecule has 5 rings (SSSR count). The van der Waals surface area contributed by atoms with Crippen molar-refractivity contribution < 1.29 is 14.3 Å². The number of benzene rings is 3. The number of carbonyl (C=O) groups is 2. The molecule has 1 N–H and O–H groups in total. The number of nitrogens with zero attached hydrogens (tertiary/aromatic N) is 2. The van der Waals surface area contributed by atoms with Gasteiger partial charge in [-0.15, -0.1) is 0 Å². The van der Waals surface area contributed by atoms with Gasteiger partial charge in [-0.3, -0.25) is 9.36 Å². The van der Waals surface area contributed by atoms with Gasteiger partial charge in [-0.05, 0) is 36.8 Å². The highest BCUT2D eigenvalue weighted by Gasteiger charge is 2.26. The van der Waals surface area contributed by atoms with Crippen LogP contribution in [0.4, 0.5) is 0 Å². The van der Waals surface area contributed by atoms with Gasteiger partial charge >= 0.3 is 5.97 Å². The molecular formula is C24H19N3O3. The third kappa shape index (κ3) is 2.85. The topological polar surface area (TPSA) is 77.0 Å². The molecule has 0 saturated heterocycles. The van der Waals surface area contributed by atoms with Gasteiger partial charge in [-0.25, -0.2) is 9.78 Å². The molecule has 0 fully saturated rings. The van der Waals surface area contributed by atoms with Gasteiger partial charge in [0.1, 0.15) is 0 Å². The minimum atomic E-state index is -0.894. The molecule has 0 aliphatic rings. The molecule has 2 aromatic heterocycles. The standard InChI is InChI=1S/C24H19N3O3/c1-2-22(30-24(29)15-11-12-18-19(13-15)26-14-25-18)23(28)27-20-9-5-3-7-16(20)17-8-4-6-10-21(17)27/h3-14,22H,2H2,1H3,(H,25,26). The average molecular weight is 397 g/mol. The maximum absolute atomic E-state index is 13.5. The molecule has 0 aliphatic heterocycles. The van der Waals surface area contributed by atoms with E-state index in [1.54, 1.807) is 29.1 Å². The van der Waals surface area contributed by atoms with Crippen molar-refractivity contribution in [2.75, 3.05) is 0 Å². The first kappa shape index (κ1) is 18.1. The second kappa shape index (κ2) is 7.15. The lowest BCUT2D eigenvalue weighted by Crippen LogP contribution is -2.31. The Kier molecular flexibility index (Phi) is 4.32. The van der Waals surface area contributed by atoms with E-state index in [-0.39, 0.29) is 5.91 Å². The Hall–Kier alpha value is -3.93. The van der Waals surface area contributed by atoms with Crippen molar-refractivity contribution in [2.45, 2.75) is 19.4 Å². The van der Waals surface area contributed by atoms with E-state index < -0.39 is 12.1 Å². The molecule has 0 amide bonds. The fourth-order valence-electron chi connectivity index (χ4n) is 3.87. The number of H-pyrrole nitrogens is 1. The van der Waals surface area contributed by atoms with Crippen LogP contribution in [0.3, 0.4) is 0 Å². The molecule has 0 spiro atoms. The second-order valence-electron chi connectivity index (χ2n) is 7.14. The Balaban J connectivity index is 1.52. The van der Waals surface area contributed by atoms with Gasteiger partial charge < -0.3 is 9.72 Å². The zero-order valence-electron chi connectivity index (χ0n) is 16.3. The number of rotatable bonds is 4. The van der Waals surface area contributed by atoms with Gasteiger partial charge in [-0.1, -0.05) is 43.3 Å². The smallest absolute Gasteiger partial charge is 0.338 e. The minimum absolute atomic E-state index is 0.258. The van der Waals surface area contributed by atoms with Crippen molar-refractivity contribution in [1.29, 1.82) is 0 Å². The Labute approximate surface area is 172 Å². The van der Waals surface area contributed by atoms with Crippen molar-refractivity contribution in [3.63, 3.8) is 0 Å². The van der Waals surface area contributed by atoms with Crippen LogP contribution < -0.4 is 0 Å². The molecule has 1 unspecified atom stereocenters. The fraction of sp³-hybridized carbons (Fsp3) is 0.125. The summed E-state index contributed by atoms with van der Waals surface area (Å²) in [6.07, 6.45) is 1.05. The lowest BCUT2D eigenvalue weighted by molar-refractivity contribution is 0.0245. The van der Waals surface area contributed by atoms with Crippen molar-refractivity contribution in [1.82, 2.24) is 14.5 Å². The minimum Gasteiger partial charge on any atom is -0.449 e. The van der Waals surface area contributed by atoms with Crippen molar-refractivity contribution >= 4 is 44.7 Å². The van der Waals surface area contributed by atoms with E-state index in [0.29, 0.717) is 12.0 Å². The van der Waals surface area contributed by atoms with E-state index in [9.17, 15) is 9.59 Å². The summed E-state index contributed by atoms with van der Waals surface area (Å²) in [5.41, 5.74) is 3.49. The summed E-state index contributed by atoms with van der Waals surface area (Å²) in [5, 5.41) is 1.99. The van der Waals surface area contributed by atoms with Crippen LogP contribution in [-0.4, -0.2) is 32.5 Å². The fourth-order valence-corrected chi connectivity index (χ4v) is 3.87. The molecule has 1 atom stereocenters. The van der Waals surface area contributed by atoms with Gasteiger partial charge in [0.15, 0.2) is 6.10 Å². The van der Waals surface area contributed by atoms with Crippen LogP contribution >= 0.6 is 0 Å². The summed E-state index contributed by atoms with van der Waals surface area (Å²) < 4.78 is 7.31. The van der Waals surface area contributed by atoms with Crippen LogP contribution in [0.25, 0.3) is 32.8 Å². The molecule has 6 nitrogen and oxygen atoms in total. The molecule has 30 heavy (non-hydrogen) atoms. The third-order valence-electron chi connectivity index (χ3n) is 5.35. The molecule has 0 saturated carbocycles.